The zero-order valence-corrected chi connectivity index (χ0v) is 22.2. The minimum absolute atomic E-state index is 1.15. The first-order valence-corrected chi connectivity index (χ1v) is 12.1. The predicted molar refractivity (Wildman–Crippen MR) is 111 cm³/mol. The van der Waals surface area contributed by atoms with E-state index < -0.39 is 0 Å². The number of rotatable bonds is 0. The van der Waals surface area contributed by atoms with E-state index in [1.54, 1.807) is 0 Å². The standard InChI is InChI=1S/C18H6Se6/c19-13-1-7-8(2-14(13)20)10-4-17(23)18(24)6-12(10)11-5-16(22)15(21)3-9(7)11/h1-6H. The molecule has 4 aromatic rings. The summed E-state index contributed by atoms with van der Waals surface area (Å²) in [7, 11) is 0. The second-order valence-corrected chi connectivity index (χ2v) is 11.1. The molecule has 4 rings (SSSR count). The third kappa shape index (κ3) is 2.92. The van der Waals surface area contributed by atoms with E-state index in [1.165, 1.54) is 32.3 Å². The van der Waals surface area contributed by atoms with Crippen LogP contribution in [0, 0.1) is 0 Å². The van der Waals surface area contributed by atoms with E-state index in [9.17, 15) is 0 Å². The van der Waals surface area contributed by atoms with Crippen LogP contribution >= 0.6 is 0 Å². The molecule has 6 radical (unpaired) electrons. The van der Waals surface area contributed by atoms with Crippen molar-refractivity contribution in [2.24, 2.45) is 0 Å². The van der Waals surface area contributed by atoms with Crippen molar-refractivity contribution in [1.82, 2.24) is 0 Å². The van der Waals surface area contributed by atoms with Crippen molar-refractivity contribution >= 4 is 155 Å². The summed E-state index contributed by atoms with van der Waals surface area (Å²) in [5.41, 5.74) is 0. The Kier molecular flexibility index (Phi) is 5.10. The van der Waals surface area contributed by atoms with Gasteiger partial charge in [-0.2, -0.15) is 0 Å². The molecule has 0 heterocycles. The van der Waals surface area contributed by atoms with Gasteiger partial charge in [-0.05, 0) is 0 Å². The van der Waals surface area contributed by atoms with Crippen LogP contribution in [0.2, 0.25) is 0 Å². The maximum absolute atomic E-state index is 3.17. The van der Waals surface area contributed by atoms with E-state index >= 15 is 0 Å². The van der Waals surface area contributed by atoms with Gasteiger partial charge in [0.2, 0.25) is 0 Å². The second-order valence-electron chi connectivity index (χ2n) is 5.53. The number of hydrogen-bond donors (Lipinski definition) is 0. The Balaban J connectivity index is 2.40. The van der Waals surface area contributed by atoms with Crippen LogP contribution < -0.4 is 26.8 Å². The Hall–Kier alpha value is 0.777. The van der Waals surface area contributed by atoms with Gasteiger partial charge in [-0.3, -0.25) is 0 Å². The number of hydrogen-bond acceptors (Lipinski definition) is 0. The zero-order valence-electron chi connectivity index (χ0n) is 11.9. The first-order chi connectivity index (χ1) is 11.4. The van der Waals surface area contributed by atoms with Gasteiger partial charge in [-0.25, -0.2) is 0 Å². The Morgan fingerprint density at radius 2 is 0.417 bits per heavy atom. The molecule has 4 aromatic carbocycles. The van der Waals surface area contributed by atoms with E-state index in [4.69, 9.17) is 0 Å². The fourth-order valence-corrected chi connectivity index (χ4v) is 5.24. The molecular formula is C18H6Se6. The van der Waals surface area contributed by atoms with E-state index in [-0.39, 0.29) is 0 Å². The van der Waals surface area contributed by atoms with Crippen molar-refractivity contribution in [2.75, 3.05) is 0 Å². The molecule has 0 N–H and O–H groups in total. The van der Waals surface area contributed by atoms with Gasteiger partial charge in [-0.1, -0.05) is 0 Å². The molecule has 0 bridgehead atoms. The summed E-state index contributed by atoms with van der Waals surface area (Å²) in [6, 6.07) is 13.5. The van der Waals surface area contributed by atoms with E-state index in [1.807, 2.05) is 0 Å². The SMILES string of the molecule is [Se]c1cc2c3cc([Se])c([Se])cc3c3cc([Se])c([Se])cc3c2cc1[Se]. The molecule has 0 aromatic heterocycles. The molecule has 6 heteroatoms. The van der Waals surface area contributed by atoms with Crippen LogP contribution in [-0.4, -0.2) is 96.1 Å². The summed E-state index contributed by atoms with van der Waals surface area (Å²) in [6.07, 6.45) is 0. The van der Waals surface area contributed by atoms with Gasteiger partial charge < -0.3 is 0 Å². The van der Waals surface area contributed by atoms with Gasteiger partial charge in [0.05, 0.1) is 0 Å². The molecule has 0 nitrogen and oxygen atoms in total. The van der Waals surface area contributed by atoms with E-state index in [2.05, 4.69) is 132 Å². The van der Waals surface area contributed by atoms with Gasteiger partial charge in [0.25, 0.3) is 0 Å². The molecule has 0 fully saturated rings. The van der Waals surface area contributed by atoms with Crippen LogP contribution in [0.3, 0.4) is 0 Å². The molecule has 0 aliphatic carbocycles. The summed E-state index contributed by atoms with van der Waals surface area (Å²) in [4.78, 5) is 0. The Morgan fingerprint density at radius 3 is 0.542 bits per heavy atom. The van der Waals surface area contributed by atoms with Crippen molar-refractivity contribution < 1.29 is 0 Å². The topological polar surface area (TPSA) is 0 Å². The quantitative estimate of drug-likeness (QED) is 0.146. The average Bonchev–Trinajstić information content (AvgIpc) is 2.53. The molecule has 0 saturated carbocycles. The fourth-order valence-electron chi connectivity index (χ4n) is 3.02. The molecule has 0 saturated heterocycles. The molecule has 0 aliphatic heterocycles. The molecule has 0 amide bonds. The van der Waals surface area contributed by atoms with Gasteiger partial charge in [0.15, 0.2) is 0 Å². The van der Waals surface area contributed by atoms with Crippen molar-refractivity contribution in [3.8, 4) is 0 Å². The maximum atomic E-state index is 3.17. The van der Waals surface area contributed by atoms with Crippen LogP contribution in [0.25, 0.3) is 32.3 Å². The van der Waals surface area contributed by atoms with E-state index in [0.29, 0.717) is 0 Å². The summed E-state index contributed by atoms with van der Waals surface area (Å²) in [5, 5.41) is 7.63. The van der Waals surface area contributed by atoms with Crippen LogP contribution in [0.1, 0.15) is 0 Å². The zero-order chi connectivity index (χ0) is 17.2. The fraction of sp³-hybridized carbons (Fsp3) is 0. The van der Waals surface area contributed by atoms with Crippen molar-refractivity contribution in [2.45, 2.75) is 0 Å². The third-order valence-electron chi connectivity index (χ3n) is 4.12. The van der Waals surface area contributed by atoms with Gasteiger partial charge in [-0.15, -0.1) is 0 Å². The van der Waals surface area contributed by atoms with Crippen LogP contribution in [0.15, 0.2) is 36.4 Å². The van der Waals surface area contributed by atoms with Crippen molar-refractivity contribution in [1.29, 1.82) is 0 Å². The average molecular weight is 696 g/mol. The third-order valence-corrected chi connectivity index (χ3v) is 10.3. The van der Waals surface area contributed by atoms with Crippen molar-refractivity contribution in [3.63, 3.8) is 0 Å². The van der Waals surface area contributed by atoms with Crippen molar-refractivity contribution in [3.05, 3.63) is 36.4 Å². The molecular weight excluding hydrogens is 690 g/mol. The monoisotopic (exact) mass is 702 g/mol. The molecule has 114 valence electrons. The minimum atomic E-state index is 1.15. The van der Waals surface area contributed by atoms with Crippen LogP contribution in [0.5, 0.6) is 0 Å². The summed E-state index contributed by atoms with van der Waals surface area (Å²) in [5.74, 6) is 0. The van der Waals surface area contributed by atoms with Crippen LogP contribution in [0.4, 0.5) is 0 Å². The summed E-state index contributed by atoms with van der Waals surface area (Å²) < 4.78 is 6.92. The second kappa shape index (κ2) is 6.74. The number of benzene rings is 4. The Labute approximate surface area is 189 Å². The number of fused-ring (bicyclic) bond motifs is 6. The first kappa shape index (κ1) is 18.2. The summed E-state index contributed by atoms with van der Waals surface area (Å²) >= 11 is 19.0. The normalized spacial score (nSPS) is 11.5. The van der Waals surface area contributed by atoms with E-state index in [0.717, 1.165) is 26.8 Å². The first-order valence-electron chi connectivity index (χ1n) is 6.94. The summed E-state index contributed by atoms with van der Waals surface area (Å²) in [6.45, 7) is 0. The molecule has 0 aliphatic rings. The van der Waals surface area contributed by atoms with Crippen LogP contribution in [-0.2, 0) is 0 Å². The van der Waals surface area contributed by atoms with Gasteiger partial charge in [0.1, 0.15) is 0 Å². The molecule has 0 atom stereocenters. The Morgan fingerprint density at radius 1 is 0.292 bits per heavy atom. The molecule has 0 unspecified atom stereocenters. The molecule has 24 heavy (non-hydrogen) atoms. The Bertz CT molecular complexity index is 896. The predicted octanol–water partition coefficient (Wildman–Crippen LogP) is -2.09. The molecule has 0 spiro atoms. The van der Waals surface area contributed by atoms with Gasteiger partial charge >= 0.3 is 192 Å². The van der Waals surface area contributed by atoms with Gasteiger partial charge in [0, 0.05) is 0 Å².